The maximum Gasteiger partial charge on any atom is 0.166 e. The predicted molar refractivity (Wildman–Crippen MR) is 105 cm³/mol. The van der Waals surface area contributed by atoms with Gasteiger partial charge in [0.15, 0.2) is 5.82 Å². The Balaban J connectivity index is 2.06. The smallest absolute Gasteiger partial charge is 0.166 e. The van der Waals surface area contributed by atoms with Crippen LogP contribution in [0.3, 0.4) is 0 Å². The number of nitrogens with one attached hydrogen (secondary N) is 2. The van der Waals surface area contributed by atoms with Gasteiger partial charge in [-0.3, -0.25) is 0 Å². The molecule has 136 valence electrons. The van der Waals surface area contributed by atoms with Crippen LogP contribution >= 0.6 is 0 Å². The summed E-state index contributed by atoms with van der Waals surface area (Å²) in [6, 6.07) is 14.0. The Morgan fingerprint density at radius 3 is 2.62 bits per heavy atom. The van der Waals surface area contributed by atoms with Crippen molar-refractivity contribution in [1.29, 1.82) is 0 Å². The summed E-state index contributed by atoms with van der Waals surface area (Å²) < 4.78 is 18.8. The second-order valence-electron chi connectivity index (χ2n) is 5.40. The van der Waals surface area contributed by atoms with Crippen LogP contribution in [0.25, 0.3) is 0 Å². The summed E-state index contributed by atoms with van der Waals surface area (Å²) in [6.07, 6.45) is 3.60. The highest BCUT2D eigenvalue weighted by Gasteiger charge is 2.05. The molecule has 0 saturated heterocycles. The van der Waals surface area contributed by atoms with Crippen molar-refractivity contribution < 1.29 is 9.13 Å². The molecule has 2 aromatic carbocycles. The summed E-state index contributed by atoms with van der Waals surface area (Å²) in [6.45, 7) is 4.09. The summed E-state index contributed by atoms with van der Waals surface area (Å²) in [5.41, 5.74) is 7.55. The van der Waals surface area contributed by atoms with Crippen LogP contribution in [0.1, 0.15) is 5.56 Å². The number of hydrogen-bond acceptors (Lipinski definition) is 5. The fourth-order valence-corrected chi connectivity index (χ4v) is 2.24. The molecule has 0 aliphatic carbocycles. The van der Waals surface area contributed by atoms with Crippen LogP contribution in [0.4, 0.5) is 10.1 Å². The van der Waals surface area contributed by atoms with Crippen LogP contribution in [0.5, 0.6) is 5.75 Å². The normalized spacial score (nSPS) is 11.8. The average molecular weight is 354 g/mol. The van der Waals surface area contributed by atoms with E-state index in [0.717, 1.165) is 11.4 Å². The molecule has 0 atom stereocenters. The molecule has 0 heterocycles. The minimum Gasteiger partial charge on any atom is -0.497 e. The van der Waals surface area contributed by atoms with Gasteiger partial charge in [-0.1, -0.05) is 30.9 Å². The van der Waals surface area contributed by atoms with Crippen molar-refractivity contribution in [3.63, 3.8) is 0 Å². The van der Waals surface area contributed by atoms with Gasteiger partial charge < -0.3 is 21.1 Å². The van der Waals surface area contributed by atoms with Gasteiger partial charge in [0.05, 0.1) is 7.11 Å². The third-order valence-electron chi connectivity index (χ3n) is 3.58. The first-order valence-electron chi connectivity index (χ1n) is 8.17. The molecule has 6 heteroatoms. The van der Waals surface area contributed by atoms with Gasteiger partial charge in [-0.25, -0.2) is 9.38 Å². The molecular formula is C20H23FN4O. The third kappa shape index (κ3) is 5.66. The van der Waals surface area contributed by atoms with Crippen LogP contribution in [0, 0.1) is 5.82 Å². The number of anilines is 1. The summed E-state index contributed by atoms with van der Waals surface area (Å²) in [4.78, 5) is 4.25. The fourth-order valence-electron chi connectivity index (χ4n) is 2.24. The lowest BCUT2D eigenvalue weighted by Crippen LogP contribution is -2.23. The number of ether oxygens (including phenoxy) is 1. The Hall–Kier alpha value is -3.28. The van der Waals surface area contributed by atoms with Crippen molar-refractivity contribution >= 4 is 11.9 Å². The number of allylic oxidation sites excluding steroid dienone is 1. The van der Waals surface area contributed by atoms with Crippen LogP contribution in [0.15, 0.2) is 77.8 Å². The molecule has 0 unspecified atom stereocenters. The van der Waals surface area contributed by atoms with Gasteiger partial charge in [0, 0.05) is 18.4 Å². The van der Waals surface area contributed by atoms with E-state index in [-0.39, 0.29) is 5.82 Å². The zero-order chi connectivity index (χ0) is 18.8. The summed E-state index contributed by atoms with van der Waals surface area (Å²) >= 11 is 0. The van der Waals surface area contributed by atoms with E-state index in [1.54, 1.807) is 25.3 Å². The lowest BCUT2D eigenvalue weighted by molar-refractivity contribution is 0.415. The number of nitrogens with zero attached hydrogens (tertiary/aromatic N) is 1. The van der Waals surface area contributed by atoms with E-state index in [1.165, 1.54) is 12.3 Å². The first kappa shape index (κ1) is 19.1. The molecule has 2 rings (SSSR count). The number of nitrogens with two attached hydrogens (primary N) is 1. The molecule has 4 N–H and O–H groups in total. The van der Waals surface area contributed by atoms with Crippen LogP contribution in [-0.4, -0.2) is 19.9 Å². The zero-order valence-corrected chi connectivity index (χ0v) is 14.7. The lowest BCUT2D eigenvalue weighted by Gasteiger charge is -2.13. The molecule has 2 aromatic rings. The molecule has 0 spiro atoms. The van der Waals surface area contributed by atoms with Crippen molar-refractivity contribution in [2.24, 2.45) is 10.7 Å². The SMILES string of the molecule is C=C/C=N\C(NCCc1ccccc1F)=C(/N)Nc1ccc(OC)cc1. The Morgan fingerprint density at radius 2 is 1.96 bits per heavy atom. The van der Waals surface area contributed by atoms with Gasteiger partial charge in [-0.15, -0.1) is 0 Å². The monoisotopic (exact) mass is 354 g/mol. The van der Waals surface area contributed by atoms with E-state index in [4.69, 9.17) is 10.5 Å². The molecule has 0 radical (unpaired) electrons. The Bertz CT molecular complexity index is 785. The fraction of sp³-hybridized carbons (Fsp3) is 0.150. The molecule has 0 aliphatic heterocycles. The van der Waals surface area contributed by atoms with Gasteiger partial charge in [0.25, 0.3) is 0 Å². The number of benzene rings is 2. The van der Waals surface area contributed by atoms with E-state index in [2.05, 4.69) is 22.2 Å². The number of aliphatic imine (C=N–C) groups is 1. The molecule has 5 nitrogen and oxygen atoms in total. The van der Waals surface area contributed by atoms with E-state index in [9.17, 15) is 4.39 Å². The summed E-state index contributed by atoms with van der Waals surface area (Å²) in [5, 5.41) is 6.21. The van der Waals surface area contributed by atoms with Gasteiger partial charge in [0.1, 0.15) is 17.4 Å². The Labute approximate surface area is 153 Å². The first-order chi connectivity index (χ1) is 12.6. The first-order valence-corrected chi connectivity index (χ1v) is 8.17. The largest absolute Gasteiger partial charge is 0.497 e. The standard InChI is InChI=1S/C20H23FN4O/c1-3-13-23-20(24-14-12-15-6-4-5-7-18(15)21)19(22)25-16-8-10-17(26-2)11-9-16/h3-11,13,24-25H,1,12,14,22H2,2H3/b20-19-,23-13-. The van der Waals surface area contributed by atoms with Crippen molar-refractivity contribution in [2.75, 3.05) is 19.0 Å². The molecular weight excluding hydrogens is 331 g/mol. The topological polar surface area (TPSA) is 71.7 Å². The van der Waals surface area contributed by atoms with Crippen molar-refractivity contribution in [3.05, 3.63) is 84.2 Å². The molecule has 0 saturated carbocycles. The second kappa shape index (κ2) is 9.88. The minimum absolute atomic E-state index is 0.223. The van der Waals surface area contributed by atoms with Crippen molar-refractivity contribution in [2.45, 2.75) is 6.42 Å². The third-order valence-corrected chi connectivity index (χ3v) is 3.58. The summed E-state index contributed by atoms with van der Waals surface area (Å²) in [5.74, 6) is 1.34. The quantitative estimate of drug-likeness (QED) is 0.604. The molecule has 0 aromatic heterocycles. The van der Waals surface area contributed by atoms with Crippen molar-refractivity contribution in [1.82, 2.24) is 5.32 Å². The maximum atomic E-state index is 13.7. The molecule has 0 amide bonds. The van der Waals surface area contributed by atoms with E-state index in [0.29, 0.717) is 30.2 Å². The minimum atomic E-state index is -0.223. The lowest BCUT2D eigenvalue weighted by atomic mass is 10.1. The van der Waals surface area contributed by atoms with Gasteiger partial charge >= 0.3 is 0 Å². The van der Waals surface area contributed by atoms with Gasteiger partial charge in [0.2, 0.25) is 0 Å². The highest BCUT2D eigenvalue weighted by Crippen LogP contribution is 2.16. The number of hydrogen-bond donors (Lipinski definition) is 3. The average Bonchev–Trinajstić information content (AvgIpc) is 2.66. The van der Waals surface area contributed by atoms with E-state index >= 15 is 0 Å². The molecule has 26 heavy (non-hydrogen) atoms. The Kier molecular flexibility index (Phi) is 7.24. The number of rotatable bonds is 9. The highest BCUT2D eigenvalue weighted by molar-refractivity contribution is 5.71. The number of halogens is 1. The van der Waals surface area contributed by atoms with Crippen LogP contribution < -0.4 is 21.1 Å². The molecule has 0 bridgehead atoms. The highest BCUT2D eigenvalue weighted by atomic mass is 19.1. The van der Waals surface area contributed by atoms with E-state index < -0.39 is 0 Å². The maximum absolute atomic E-state index is 13.7. The van der Waals surface area contributed by atoms with Crippen LogP contribution in [0.2, 0.25) is 0 Å². The second-order valence-corrected chi connectivity index (χ2v) is 5.40. The molecule has 0 aliphatic rings. The summed E-state index contributed by atoms with van der Waals surface area (Å²) in [7, 11) is 1.61. The Morgan fingerprint density at radius 1 is 1.23 bits per heavy atom. The predicted octanol–water partition coefficient (Wildman–Crippen LogP) is 3.42. The van der Waals surface area contributed by atoms with Crippen LogP contribution in [-0.2, 0) is 6.42 Å². The van der Waals surface area contributed by atoms with E-state index in [1.807, 2.05) is 30.3 Å². The zero-order valence-electron chi connectivity index (χ0n) is 14.7. The molecule has 0 fully saturated rings. The van der Waals surface area contributed by atoms with Crippen molar-refractivity contribution in [3.8, 4) is 5.75 Å². The van der Waals surface area contributed by atoms with Gasteiger partial charge in [-0.05, 0) is 42.3 Å². The van der Waals surface area contributed by atoms with Gasteiger partial charge in [-0.2, -0.15) is 0 Å². The number of methoxy groups -OCH3 is 1.